The van der Waals surface area contributed by atoms with E-state index in [1.807, 2.05) is 0 Å². The third kappa shape index (κ3) is 3.12. The Kier molecular flexibility index (Phi) is 4.65. The first-order valence-corrected chi connectivity index (χ1v) is 7.30. The second-order valence-corrected chi connectivity index (χ2v) is 5.99. The summed E-state index contributed by atoms with van der Waals surface area (Å²) in [5, 5.41) is 6.63. The number of anilines is 2. The molecule has 6 nitrogen and oxygen atoms in total. The number of ether oxygens (including phenoxy) is 1. The molecule has 1 heterocycles. The number of methoxy groups -OCH3 is 1. The average molecular weight is 300 g/mol. The summed E-state index contributed by atoms with van der Waals surface area (Å²) in [7, 11) is 1.75. The summed E-state index contributed by atoms with van der Waals surface area (Å²) in [6.07, 6.45) is 2.19. The molecule has 0 saturated heterocycles. The van der Waals surface area contributed by atoms with Gasteiger partial charge in [-0.25, -0.2) is 0 Å². The highest BCUT2D eigenvalue weighted by Gasteiger charge is 2.48. The Bertz CT molecular complexity index is 468. The Morgan fingerprint density at radius 2 is 2.00 bits per heavy atom. The molecule has 1 saturated carbocycles. The first-order chi connectivity index (χ1) is 9.47. The van der Waals surface area contributed by atoms with Gasteiger partial charge in [0.25, 0.3) is 0 Å². The van der Waals surface area contributed by atoms with Gasteiger partial charge in [0.15, 0.2) is 0 Å². The van der Waals surface area contributed by atoms with Crippen molar-refractivity contribution < 1.29 is 4.74 Å². The lowest BCUT2D eigenvalue weighted by atomic mass is 9.64. The van der Waals surface area contributed by atoms with E-state index in [4.69, 9.17) is 16.3 Å². The minimum absolute atomic E-state index is 0.0465. The zero-order valence-electron chi connectivity index (χ0n) is 12.4. The molecule has 2 rings (SSSR count). The van der Waals surface area contributed by atoms with Gasteiger partial charge in [-0.15, -0.1) is 0 Å². The number of nitrogens with one attached hydrogen (secondary N) is 2. The second-order valence-electron chi connectivity index (χ2n) is 5.66. The van der Waals surface area contributed by atoms with Gasteiger partial charge >= 0.3 is 0 Å². The zero-order chi connectivity index (χ0) is 14.8. The van der Waals surface area contributed by atoms with Gasteiger partial charge in [-0.2, -0.15) is 15.0 Å². The molecule has 2 atom stereocenters. The Hall–Kier alpha value is -1.14. The van der Waals surface area contributed by atoms with Crippen molar-refractivity contribution in [3.8, 4) is 0 Å². The van der Waals surface area contributed by atoms with E-state index in [9.17, 15) is 0 Å². The molecule has 1 aliphatic rings. The maximum atomic E-state index is 5.93. The normalized spacial score (nSPS) is 24.1. The molecule has 0 aliphatic heterocycles. The van der Waals surface area contributed by atoms with Gasteiger partial charge in [0.05, 0.1) is 6.10 Å². The van der Waals surface area contributed by atoms with Crippen molar-refractivity contribution in [1.82, 2.24) is 15.0 Å². The van der Waals surface area contributed by atoms with Crippen molar-refractivity contribution in [3.63, 3.8) is 0 Å². The average Bonchev–Trinajstić information content (AvgIpc) is 2.40. The van der Waals surface area contributed by atoms with Gasteiger partial charge in [-0.3, -0.25) is 0 Å². The molecule has 0 bridgehead atoms. The molecule has 0 amide bonds. The fourth-order valence-electron chi connectivity index (χ4n) is 2.42. The van der Waals surface area contributed by atoms with Crippen LogP contribution in [0.3, 0.4) is 0 Å². The number of hydrogen-bond donors (Lipinski definition) is 2. The lowest BCUT2D eigenvalue weighted by Gasteiger charge is -2.51. The smallest absolute Gasteiger partial charge is 0.229 e. The summed E-state index contributed by atoms with van der Waals surface area (Å²) in [6, 6.07) is 0.268. The fraction of sp³-hybridized carbons (Fsp3) is 0.769. The van der Waals surface area contributed by atoms with Crippen molar-refractivity contribution in [2.45, 2.75) is 45.8 Å². The maximum absolute atomic E-state index is 5.93. The van der Waals surface area contributed by atoms with Gasteiger partial charge < -0.3 is 15.4 Å². The third-order valence-corrected chi connectivity index (χ3v) is 4.08. The van der Waals surface area contributed by atoms with E-state index in [2.05, 4.69) is 46.4 Å². The summed E-state index contributed by atoms with van der Waals surface area (Å²) in [5.74, 6) is 1.02. The Labute approximate surface area is 124 Å². The van der Waals surface area contributed by atoms with Crippen LogP contribution in [0.5, 0.6) is 0 Å². The molecule has 1 aromatic heterocycles. The van der Waals surface area contributed by atoms with E-state index >= 15 is 0 Å². The van der Waals surface area contributed by atoms with E-state index in [1.54, 1.807) is 7.11 Å². The molecule has 1 aliphatic carbocycles. The maximum Gasteiger partial charge on any atom is 0.229 e. The molecule has 0 radical (unpaired) electrons. The highest BCUT2D eigenvalue weighted by Crippen LogP contribution is 2.43. The SMILES string of the molecule is CCCNc1nc(Cl)nc(NC2CC(OC)C2(C)C)n1. The highest BCUT2D eigenvalue weighted by atomic mass is 35.5. The highest BCUT2D eigenvalue weighted by molar-refractivity contribution is 6.28. The van der Waals surface area contributed by atoms with Crippen LogP contribution >= 0.6 is 11.6 Å². The van der Waals surface area contributed by atoms with Gasteiger partial charge in [0, 0.05) is 25.1 Å². The van der Waals surface area contributed by atoms with E-state index in [0.717, 1.165) is 19.4 Å². The minimum atomic E-state index is 0.0465. The molecular weight excluding hydrogens is 278 g/mol. The van der Waals surface area contributed by atoms with Crippen LogP contribution in [0.2, 0.25) is 5.28 Å². The van der Waals surface area contributed by atoms with Crippen LogP contribution in [0.15, 0.2) is 0 Å². The molecule has 20 heavy (non-hydrogen) atoms. The van der Waals surface area contributed by atoms with Crippen molar-refractivity contribution in [2.24, 2.45) is 5.41 Å². The number of rotatable bonds is 6. The van der Waals surface area contributed by atoms with E-state index in [-0.39, 0.29) is 22.8 Å². The molecular formula is C13H22ClN5O. The third-order valence-electron chi connectivity index (χ3n) is 3.91. The lowest BCUT2D eigenvalue weighted by molar-refractivity contribution is -0.0796. The molecule has 0 spiro atoms. The summed E-state index contributed by atoms with van der Waals surface area (Å²) in [6.45, 7) is 7.22. The van der Waals surface area contributed by atoms with Gasteiger partial charge in [-0.05, 0) is 24.4 Å². The van der Waals surface area contributed by atoms with E-state index in [0.29, 0.717) is 11.9 Å². The van der Waals surface area contributed by atoms with Crippen molar-refractivity contribution in [1.29, 1.82) is 0 Å². The summed E-state index contributed by atoms with van der Waals surface area (Å²) >= 11 is 5.93. The molecule has 2 N–H and O–H groups in total. The molecule has 1 aromatic rings. The number of aromatic nitrogens is 3. The largest absolute Gasteiger partial charge is 0.381 e. The standard InChI is InChI=1S/C13H22ClN5O/c1-5-6-15-11-17-10(14)18-12(19-11)16-8-7-9(20-4)13(8,2)3/h8-9H,5-7H2,1-4H3,(H2,15,16,17,18,19). The minimum Gasteiger partial charge on any atom is -0.381 e. The summed E-state index contributed by atoms with van der Waals surface area (Å²) in [4.78, 5) is 12.5. The molecule has 2 unspecified atom stereocenters. The predicted molar refractivity (Wildman–Crippen MR) is 80.2 cm³/mol. The number of halogens is 1. The summed E-state index contributed by atoms with van der Waals surface area (Å²) in [5.41, 5.74) is 0.0465. The van der Waals surface area contributed by atoms with Gasteiger partial charge in [0.2, 0.25) is 17.2 Å². The Morgan fingerprint density at radius 1 is 1.30 bits per heavy atom. The fourth-order valence-corrected chi connectivity index (χ4v) is 2.58. The second kappa shape index (κ2) is 6.10. The molecule has 7 heteroatoms. The predicted octanol–water partition coefficient (Wildman–Crippen LogP) is 2.57. The van der Waals surface area contributed by atoms with Crippen LogP contribution in [0.4, 0.5) is 11.9 Å². The van der Waals surface area contributed by atoms with Crippen LogP contribution < -0.4 is 10.6 Å². The lowest BCUT2D eigenvalue weighted by Crippen LogP contribution is -2.57. The first-order valence-electron chi connectivity index (χ1n) is 6.92. The van der Waals surface area contributed by atoms with Crippen molar-refractivity contribution in [2.75, 3.05) is 24.3 Å². The summed E-state index contributed by atoms with van der Waals surface area (Å²) < 4.78 is 5.44. The van der Waals surface area contributed by atoms with Crippen molar-refractivity contribution in [3.05, 3.63) is 5.28 Å². The molecule has 1 fully saturated rings. The topological polar surface area (TPSA) is 72.0 Å². The Morgan fingerprint density at radius 3 is 2.60 bits per heavy atom. The number of nitrogens with zero attached hydrogens (tertiary/aromatic N) is 3. The van der Waals surface area contributed by atoms with Crippen LogP contribution in [-0.2, 0) is 4.74 Å². The quantitative estimate of drug-likeness (QED) is 0.841. The molecule has 112 valence electrons. The number of hydrogen-bond acceptors (Lipinski definition) is 6. The zero-order valence-corrected chi connectivity index (χ0v) is 13.2. The van der Waals surface area contributed by atoms with Crippen molar-refractivity contribution >= 4 is 23.5 Å². The first kappa shape index (κ1) is 15.3. The van der Waals surface area contributed by atoms with Crippen LogP contribution in [0.1, 0.15) is 33.6 Å². The Balaban J connectivity index is 2.05. The van der Waals surface area contributed by atoms with Crippen LogP contribution in [0.25, 0.3) is 0 Å². The van der Waals surface area contributed by atoms with Crippen LogP contribution in [-0.4, -0.2) is 40.8 Å². The van der Waals surface area contributed by atoms with Gasteiger partial charge in [0.1, 0.15) is 0 Å². The van der Waals surface area contributed by atoms with E-state index in [1.165, 1.54) is 0 Å². The van der Waals surface area contributed by atoms with Crippen LogP contribution in [0, 0.1) is 5.41 Å². The molecule has 0 aromatic carbocycles. The van der Waals surface area contributed by atoms with E-state index < -0.39 is 0 Å². The van der Waals surface area contributed by atoms with Gasteiger partial charge in [-0.1, -0.05) is 20.8 Å². The monoisotopic (exact) mass is 299 g/mol.